The van der Waals surface area contributed by atoms with E-state index in [1.807, 2.05) is 29.8 Å². The minimum atomic E-state index is 0.639. The van der Waals surface area contributed by atoms with Crippen molar-refractivity contribution in [1.29, 1.82) is 0 Å². The van der Waals surface area contributed by atoms with Crippen LogP contribution in [0.5, 0.6) is 0 Å². The molecule has 2 rings (SSSR count). The standard InChI is InChI=1S/C10H14N6S/c1-7-9(15-11)12-5-13-10(7)16(2)3-8-4-17-6-14-8/h4-6H,3,11H2,1-2H3,(H,12,13,15). The Morgan fingerprint density at radius 2 is 2.24 bits per heavy atom. The number of nitrogens with zero attached hydrogens (tertiary/aromatic N) is 4. The number of hydrogen-bond acceptors (Lipinski definition) is 7. The molecule has 17 heavy (non-hydrogen) atoms. The van der Waals surface area contributed by atoms with Gasteiger partial charge in [-0.05, 0) is 6.92 Å². The van der Waals surface area contributed by atoms with Gasteiger partial charge in [0.2, 0.25) is 0 Å². The predicted octanol–water partition coefficient (Wildman–Crippen LogP) is 1.16. The smallest absolute Gasteiger partial charge is 0.148 e. The number of hydrazine groups is 1. The van der Waals surface area contributed by atoms with E-state index in [1.54, 1.807) is 11.3 Å². The summed E-state index contributed by atoms with van der Waals surface area (Å²) in [5.74, 6) is 6.87. The molecule has 0 unspecified atom stereocenters. The molecule has 0 amide bonds. The van der Waals surface area contributed by atoms with Crippen LogP contribution in [0.25, 0.3) is 0 Å². The maximum Gasteiger partial charge on any atom is 0.148 e. The Kier molecular flexibility index (Phi) is 3.50. The van der Waals surface area contributed by atoms with Gasteiger partial charge < -0.3 is 10.3 Å². The van der Waals surface area contributed by atoms with Crippen LogP contribution in [0.15, 0.2) is 17.2 Å². The van der Waals surface area contributed by atoms with Crippen molar-refractivity contribution in [3.05, 3.63) is 28.5 Å². The zero-order chi connectivity index (χ0) is 12.3. The van der Waals surface area contributed by atoms with Crippen molar-refractivity contribution >= 4 is 23.0 Å². The van der Waals surface area contributed by atoms with Crippen LogP contribution in [0, 0.1) is 6.92 Å². The van der Waals surface area contributed by atoms with Gasteiger partial charge in [0, 0.05) is 18.0 Å². The Morgan fingerprint density at radius 3 is 2.88 bits per heavy atom. The number of anilines is 2. The maximum absolute atomic E-state index is 5.39. The lowest BCUT2D eigenvalue weighted by molar-refractivity contribution is 0.861. The van der Waals surface area contributed by atoms with Gasteiger partial charge in [0.25, 0.3) is 0 Å². The molecule has 0 fully saturated rings. The Labute approximate surface area is 104 Å². The minimum absolute atomic E-state index is 0.639. The Hall–Kier alpha value is -1.73. The van der Waals surface area contributed by atoms with Crippen molar-refractivity contribution in [3.63, 3.8) is 0 Å². The summed E-state index contributed by atoms with van der Waals surface area (Å²) >= 11 is 1.59. The summed E-state index contributed by atoms with van der Waals surface area (Å²) in [4.78, 5) is 14.6. The highest BCUT2D eigenvalue weighted by Crippen LogP contribution is 2.21. The minimum Gasteiger partial charge on any atom is -0.353 e. The summed E-state index contributed by atoms with van der Waals surface area (Å²) < 4.78 is 0. The van der Waals surface area contributed by atoms with Gasteiger partial charge in [0.15, 0.2) is 0 Å². The van der Waals surface area contributed by atoms with Gasteiger partial charge in [-0.1, -0.05) is 0 Å². The van der Waals surface area contributed by atoms with Crippen molar-refractivity contribution in [2.75, 3.05) is 17.4 Å². The first-order valence-corrected chi connectivity index (χ1v) is 6.03. The van der Waals surface area contributed by atoms with Crippen LogP contribution >= 0.6 is 11.3 Å². The first-order valence-electron chi connectivity index (χ1n) is 5.08. The zero-order valence-electron chi connectivity index (χ0n) is 9.71. The Bertz CT molecular complexity index is 484. The molecule has 0 spiro atoms. The average molecular weight is 250 g/mol. The van der Waals surface area contributed by atoms with Crippen molar-refractivity contribution in [2.45, 2.75) is 13.5 Å². The van der Waals surface area contributed by atoms with E-state index in [9.17, 15) is 0 Å². The third-order valence-electron chi connectivity index (χ3n) is 2.44. The number of hydrogen-bond donors (Lipinski definition) is 2. The Morgan fingerprint density at radius 1 is 1.41 bits per heavy atom. The molecule has 0 aliphatic heterocycles. The third kappa shape index (κ3) is 2.51. The molecule has 0 aromatic carbocycles. The molecule has 6 nitrogen and oxygen atoms in total. The number of aromatic nitrogens is 3. The highest BCUT2D eigenvalue weighted by molar-refractivity contribution is 7.07. The average Bonchev–Trinajstić information content (AvgIpc) is 2.82. The molecule has 2 heterocycles. The molecule has 3 N–H and O–H groups in total. The quantitative estimate of drug-likeness (QED) is 0.626. The summed E-state index contributed by atoms with van der Waals surface area (Å²) in [7, 11) is 1.97. The molecule has 0 aliphatic rings. The highest BCUT2D eigenvalue weighted by atomic mass is 32.1. The highest BCUT2D eigenvalue weighted by Gasteiger charge is 2.11. The lowest BCUT2D eigenvalue weighted by atomic mass is 10.3. The van der Waals surface area contributed by atoms with Crippen molar-refractivity contribution in [1.82, 2.24) is 15.0 Å². The molecule has 0 atom stereocenters. The molecule has 90 valence electrons. The fourth-order valence-electron chi connectivity index (χ4n) is 1.60. The van der Waals surface area contributed by atoms with E-state index in [2.05, 4.69) is 20.4 Å². The van der Waals surface area contributed by atoms with Gasteiger partial charge in [0.1, 0.15) is 18.0 Å². The van der Waals surface area contributed by atoms with E-state index in [0.717, 1.165) is 17.1 Å². The van der Waals surface area contributed by atoms with Crippen molar-refractivity contribution in [3.8, 4) is 0 Å². The van der Waals surface area contributed by atoms with Crippen molar-refractivity contribution < 1.29 is 0 Å². The van der Waals surface area contributed by atoms with Gasteiger partial charge in [-0.15, -0.1) is 11.3 Å². The second-order valence-electron chi connectivity index (χ2n) is 3.65. The first kappa shape index (κ1) is 11.7. The lowest BCUT2D eigenvalue weighted by Gasteiger charge is -2.19. The maximum atomic E-state index is 5.39. The van der Waals surface area contributed by atoms with Crippen LogP contribution in [0.1, 0.15) is 11.3 Å². The summed E-state index contributed by atoms with van der Waals surface area (Å²) in [6, 6.07) is 0. The van der Waals surface area contributed by atoms with Crippen LogP contribution < -0.4 is 16.2 Å². The normalized spacial score (nSPS) is 10.3. The molecule has 2 aromatic heterocycles. The molecule has 2 aromatic rings. The number of nitrogens with one attached hydrogen (secondary N) is 1. The second kappa shape index (κ2) is 5.07. The Balaban J connectivity index is 2.22. The van der Waals surface area contributed by atoms with Crippen LogP contribution in [0.4, 0.5) is 11.6 Å². The van der Waals surface area contributed by atoms with Gasteiger partial charge >= 0.3 is 0 Å². The second-order valence-corrected chi connectivity index (χ2v) is 4.37. The molecule has 0 saturated heterocycles. The molecule has 7 heteroatoms. The van der Waals surface area contributed by atoms with E-state index in [-0.39, 0.29) is 0 Å². The van der Waals surface area contributed by atoms with E-state index in [4.69, 9.17) is 5.84 Å². The number of nitrogen functional groups attached to an aromatic ring is 1. The zero-order valence-corrected chi connectivity index (χ0v) is 10.5. The van der Waals surface area contributed by atoms with Crippen molar-refractivity contribution in [2.24, 2.45) is 5.84 Å². The van der Waals surface area contributed by atoms with Crippen LogP contribution in [-0.4, -0.2) is 22.0 Å². The number of thiazole rings is 1. The topological polar surface area (TPSA) is 80.0 Å². The monoisotopic (exact) mass is 250 g/mol. The molecule has 0 bridgehead atoms. The lowest BCUT2D eigenvalue weighted by Crippen LogP contribution is -2.21. The SMILES string of the molecule is Cc1c(NN)ncnc1N(C)Cc1cscn1. The number of nitrogens with two attached hydrogens (primary N) is 1. The van der Waals surface area contributed by atoms with E-state index >= 15 is 0 Å². The first-order chi connectivity index (χ1) is 8.22. The summed E-state index contributed by atoms with van der Waals surface area (Å²) in [5.41, 5.74) is 6.33. The van der Waals surface area contributed by atoms with Crippen LogP contribution in [0.2, 0.25) is 0 Å². The fourth-order valence-corrected chi connectivity index (χ4v) is 2.15. The summed E-state index contributed by atoms with van der Waals surface area (Å²) in [5, 5.41) is 2.02. The van der Waals surface area contributed by atoms with Gasteiger partial charge in [-0.25, -0.2) is 20.8 Å². The van der Waals surface area contributed by atoms with Gasteiger partial charge in [0.05, 0.1) is 17.7 Å². The third-order valence-corrected chi connectivity index (χ3v) is 3.07. The predicted molar refractivity (Wildman–Crippen MR) is 68.8 cm³/mol. The van der Waals surface area contributed by atoms with Gasteiger partial charge in [-0.3, -0.25) is 0 Å². The number of rotatable bonds is 4. The molecule has 0 aliphatic carbocycles. The molecule has 0 radical (unpaired) electrons. The molecule has 0 saturated carbocycles. The van der Waals surface area contributed by atoms with E-state index < -0.39 is 0 Å². The van der Waals surface area contributed by atoms with Gasteiger partial charge in [-0.2, -0.15) is 0 Å². The van der Waals surface area contributed by atoms with E-state index in [1.165, 1.54) is 6.33 Å². The summed E-state index contributed by atoms with van der Waals surface area (Å²) in [6.07, 6.45) is 1.50. The largest absolute Gasteiger partial charge is 0.353 e. The van der Waals surface area contributed by atoms with Crippen LogP contribution in [0.3, 0.4) is 0 Å². The van der Waals surface area contributed by atoms with Crippen LogP contribution in [-0.2, 0) is 6.54 Å². The van der Waals surface area contributed by atoms with E-state index in [0.29, 0.717) is 12.4 Å². The molecular formula is C10H14N6S. The summed E-state index contributed by atoms with van der Waals surface area (Å²) in [6.45, 7) is 2.65. The molecular weight excluding hydrogens is 236 g/mol. The fraction of sp³-hybridized carbons (Fsp3) is 0.300.